The predicted molar refractivity (Wildman–Crippen MR) is 105 cm³/mol. The summed E-state index contributed by atoms with van der Waals surface area (Å²) in [6.07, 6.45) is 5.85. The van der Waals surface area contributed by atoms with Gasteiger partial charge < -0.3 is 10.4 Å². The number of aromatic nitrogens is 3. The summed E-state index contributed by atoms with van der Waals surface area (Å²) in [5, 5.41) is 12.7. The molecule has 27 heavy (non-hydrogen) atoms. The van der Waals surface area contributed by atoms with Gasteiger partial charge in [-0.3, -0.25) is 4.90 Å². The number of phenols is 1. The Morgan fingerprint density at radius 3 is 2.74 bits per heavy atom. The fourth-order valence-corrected chi connectivity index (χ4v) is 3.46. The molecule has 3 aromatic rings. The SMILES string of the molecule is Cc1ccc(Nc2nccc(C3CCCN3Cc3ccc(O)cc3)n2)nc1. The van der Waals surface area contributed by atoms with Crippen molar-refractivity contribution >= 4 is 11.8 Å². The second-order valence-electron chi connectivity index (χ2n) is 6.95. The molecule has 1 aliphatic heterocycles. The van der Waals surface area contributed by atoms with Crippen LogP contribution in [-0.4, -0.2) is 31.5 Å². The van der Waals surface area contributed by atoms with Crippen molar-refractivity contribution in [2.45, 2.75) is 32.4 Å². The van der Waals surface area contributed by atoms with Crippen LogP contribution < -0.4 is 5.32 Å². The monoisotopic (exact) mass is 361 g/mol. The molecule has 1 atom stereocenters. The molecule has 0 saturated carbocycles. The molecule has 6 nitrogen and oxygen atoms in total. The molecule has 2 aromatic heterocycles. The lowest BCUT2D eigenvalue weighted by molar-refractivity contribution is 0.244. The highest BCUT2D eigenvalue weighted by Crippen LogP contribution is 2.32. The van der Waals surface area contributed by atoms with Crippen LogP contribution in [0.5, 0.6) is 5.75 Å². The molecule has 0 amide bonds. The first-order valence-corrected chi connectivity index (χ1v) is 9.22. The van der Waals surface area contributed by atoms with E-state index >= 15 is 0 Å². The Morgan fingerprint density at radius 1 is 1.11 bits per heavy atom. The molecule has 0 bridgehead atoms. The second-order valence-corrected chi connectivity index (χ2v) is 6.95. The first kappa shape index (κ1) is 17.4. The van der Waals surface area contributed by atoms with Crippen LogP contribution in [0.2, 0.25) is 0 Å². The number of likely N-dealkylation sites (tertiary alicyclic amines) is 1. The Bertz CT molecular complexity index is 895. The van der Waals surface area contributed by atoms with Gasteiger partial charge in [0.15, 0.2) is 0 Å². The number of pyridine rings is 1. The van der Waals surface area contributed by atoms with Gasteiger partial charge in [0.25, 0.3) is 0 Å². The molecular weight excluding hydrogens is 338 g/mol. The van der Waals surface area contributed by atoms with Crippen LogP contribution in [0.25, 0.3) is 0 Å². The third-order valence-corrected chi connectivity index (χ3v) is 4.86. The maximum absolute atomic E-state index is 9.47. The highest BCUT2D eigenvalue weighted by atomic mass is 16.3. The van der Waals surface area contributed by atoms with Crippen LogP contribution in [0.1, 0.15) is 35.7 Å². The molecule has 1 unspecified atom stereocenters. The molecule has 138 valence electrons. The van der Waals surface area contributed by atoms with Gasteiger partial charge >= 0.3 is 0 Å². The van der Waals surface area contributed by atoms with E-state index in [2.05, 4.69) is 20.2 Å². The fourth-order valence-electron chi connectivity index (χ4n) is 3.46. The van der Waals surface area contributed by atoms with Crippen molar-refractivity contribution in [1.29, 1.82) is 0 Å². The maximum Gasteiger partial charge on any atom is 0.228 e. The van der Waals surface area contributed by atoms with Crippen molar-refractivity contribution in [2.75, 3.05) is 11.9 Å². The summed E-state index contributed by atoms with van der Waals surface area (Å²) in [5.41, 5.74) is 3.33. The molecule has 1 saturated heterocycles. The van der Waals surface area contributed by atoms with E-state index in [1.54, 1.807) is 18.3 Å². The van der Waals surface area contributed by atoms with Crippen molar-refractivity contribution in [3.63, 3.8) is 0 Å². The number of nitrogens with zero attached hydrogens (tertiary/aromatic N) is 4. The number of rotatable bonds is 5. The van der Waals surface area contributed by atoms with Crippen molar-refractivity contribution in [2.24, 2.45) is 0 Å². The van der Waals surface area contributed by atoms with Crippen LogP contribution >= 0.6 is 0 Å². The zero-order chi connectivity index (χ0) is 18.6. The van der Waals surface area contributed by atoms with Gasteiger partial charge in [-0.25, -0.2) is 15.0 Å². The molecule has 0 aliphatic carbocycles. The lowest BCUT2D eigenvalue weighted by atomic mass is 10.1. The Kier molecular flexibility index (Phi) is 4.98. The van der Waals surface area contributed by atoms with E-state index in [-0.39, 0.29) is 6.04 Å². The predicted octanol–water partition coefficient (Wildman–Crippen LogP) is 3.97. The first-order chi connectivity index (χ1) is 13.2. The summed E-state index contributed by atoms with van der Waals surface area (Å²) >= 11 is 0. The molecule has 1 aromatic carbocycles. The summed E-state index contributed by atoms with van der Waals surface area (Å²) in [4.78, 5) is 15.9. The van der Waals surface area contributed by atoms with Gasteiger partial charge in [0.05, 0.1) is 11.7 Å². The number of aryl methyl sites for hydroxylation is 1. The number of phenolic OH excluding ortho intramolecular Hbond substituents is 1. The minimum atomic E-state index is 0.272. The van der Waals surface area contributed by atoms with Crippen LogP contribution in [0, 0.1) is 6.92 Å². The van der Waals surface area contributed by atoms with Gasteiger partial charge in [-0.2, -0.15) is 0 Å². The van der Waals surface area contributed by atoms with E-state index in [0.717, 1.165) is 43.0 Å². The highest BCUT2D eigenvalue weighted by molar-refractivity contribution is 5.47. The van der Waals surface area contributed by atoms with Crippen LogP contribution in [-0.2, 0) is 6.54 Å². The average molecular weight is 361 g/mol. The summed E-state index contributed by atoms with van der Waals surface area (Å²) in [6.45, 7) is 3.89. The van der Waals surface area contributed by atoms with Gasteiger partial charge in [-0.05, 0) is 61.7 Å². The van der Waals surface area contributed by atoms with E-state index in [0.29, 0.717) is 11.7 Å². The lowest BCUT2D eigenvalue weighted by Crippen LogP contribution is -2.23. The summed E-state index contributed by atoms with van der Waals surface area (Å²) < 4.78 is 0. The Balaban J connectivity index is 1.49. The molecule has 3 heterocycles. The number of benzene rings is 1. The summed E-state index contributed by atoms with van der Waals surface area (Å²) in [5.74, 6) is 1.61. The van der Waals surface area contributed by atoms with Gasteiger partial charge in [-0.1, -0.05) is 18.2 Å². The lowest BCUT2D eigenvalue weighted by Gasteiger charge is -2.24. The highest BCUT2D eigenvalue weighted by Gasteiger charge is 2.27. The normalized spacial score (nSPS) is 17.1. The zero-order valence-corrected chi connectivity index (χ0v) is 15.3. The van der Waals surface area contributed by atoms with Gasteiger partial charge in [-0.15, -0.1) is 0 Å². The van der Waals surface area contributed by atoms with Crippen LogP contribution in [0.3, 0.4) is 0 Å². The minimum Gasteiger partial charge on any atom is -0.508 e. The standard InChI is InChI=1S/C21H23N5O/c1-15-4-9-20(23-13-15)25-21-22-11-10-18(24-21)19-3-2-12-26(19)14-16-5-7-17(27)8-6-16/h4-11,13,19,27H,2-3,12,14H2,1H3,(H,22,23,24,25). The maximum atomic E-state index is 9.47. The largest absolute Gasteiger partial charge is 0.508 e. The molecule has 2 N–H and O–H groups in total. The second kappa shape index (κ2) is 7.72. The van der Waals surface area contributed by atoms with E-state index in [4.69, 9.17) is 4.98 Å². The first-order valence-electron chi connectivity index (χ1n) is 9.22. The minimum absolute atomic E-state index is 0.272. The number of anilines is 2. The Labute approximate surface area is 158 Å². The van der Waals surface area contributed by atoms with E-state index < -0.39 is 0 Å². The Hall–Kier alpha value is -2.99. The zero-order valence-electron chi connectivity index (χ0n) is 15.3. The van der Waals surface area contributed by atoms with Crippen LogP contribution in [0.4, 0.5) is 11.8 Å². The molecule has 0 spiro atoms. The quantitative estimate of drug-likeness (QED) is 0.716. The summed E-state index contributed by atoms with van der Waals surface area (Å²) in [7, 11) is 0. The van der Waals surface area contributed by atoms with Gasteiger partial charge in [0, 0.05) is 18.9 Å². The fraction of sp³-hybridized carbons (Fsp3) is 0.286. The van der Waals surface area contributed by atoms with Crippen LogP contribution in [0.15, 0.2) is 54.9 Å². The summed E-state index contributed by atoms with van der Waals surface area (Å²) in [6, 6.07) is 13.6. The smallest absolute Gasteiger partial charge is 0.228 e. The molecule has 6 heteroatoms. The van der Waals surface area contributed by atoms with E-state index in [1.165, 1.54) is 5.56 Å². The van der Waals surface area contributed by atoms with Crippen molar-refractivity contribution in [1.82, 2.24) is 19.9 Å². The third-order valence-electron chi connectivity index (χ3n) is 4.86. The van der Waals surface area contributed by atoms with E-state index in [9.17, 15) is 5.11 Å². The molecule has 1 fully saturated rings. The van der Waals surface area contributed by atoms with Gasteiger partial charge in [0.1, 0.15) is 11.6 Å². The average Bonchev–Trinajstić information content (AvgIpc) is 3.14. The molecular formula is C21H23N5O. The van der Waals surface area contributed by atoms with Crippen molar-refractivity contribution < 1.29 is 5.11 Å². The van der Waals surface area contributed by atoms with Gasteiger partial charge in [0.2, 0.25) is 5.95 Å². The molecule has 0 radical (unpaired) electrons. The number of hydrogen-bond donors (Lipinski definition) is 2. The topological polar surface area (TPSA) is 74.2 Å². The number of aromatic hydroxyl groups is 1. The number of hydrogen-bond acceptors (Lipinski definition) is 6. The van der Waals surface area contributed by atoms with Crippen molar-refractivity contribution in [3.8, 4) is 5.75 Å². The van der Waals surface area contributed by atoms with E-state index in [1.807, 2.05) is 43.5 Å². The number of nitrogens with one attached hydrogen (secondary N) is 1. The molecule has 1 aliphatic rings. The van der Waals surface area contributed by atoms with Crippen molar-refractivity contribution in [3.05, 3.63) is 71.7 Å². The Morgan fingerprint density at radius 2 is 1.96 bits per heavy atom. The third kappa shape index (κ3) is 4.23. The molecule has 4 rings (SSSR count).